The molecule has 2 nitrogen and oxygen atoms in total. The molecule has 0 bridgehead atoms. The Kier molecular flexibility index (Phi) is 2.63. The van der Waals surface area contributed by atoms with Gasteiger partial charge in [-0.25, -0.2) is 4.98 Å². The fraction of sp³-hybridized carbons (Fsp3) is 0.400. The van der Waals surface area contributed by atoms with Gasteiger partial charge in [0.2, 0.25) is 0 Å². The highest BCUT2D eigenvalue weighted by Gasteiger charge is 1.95. The van der Waals surface area contributed by atoms with Gasteiger partial charge in [-0.2, -0.15) is 0 Å². The number of nitrogens with two attached hydrogens (primary N) is 1. The van der Waals surface area contributed by atoms with E-state index >= 15 is 0 Å². The summed E-state index contributed by atoms with van der Waals surface area (Å²) in [5.41, 5.74) is 6.40. The number of aromatic nitrogens is 1. The third-order valence-corrected chi connectivity index (χ3v) is 2.34. The van der Waals surface area contributed by atoms with Crippen LogP contribution < -0.4 is 5.73 Å². The standard InChI is InChI=1S/C5H7BrN2S/c6-5-8-4(1-2-7)3-9-5/h3H,1-2,7H2. The van der Waals surface area contributed by atoms with Gasteiger partial charge in [-0.05, 0) is 22.5 Å². The molecule has 1 heterocycles. The highest BCUT2D eigenvalue weighted by Crippen LogP contribution is 2.15. The minimum absolute atomic E-state index is 0.677. The molecular weight excluding hydrogens is 200 g/mol. The average Bonchev–Trinajstić information content (AvgIpc) is 2.17. The molecule has 0 spiro atoms. The number of rotatable bonds is 2. The maximum absolute atomic E-state index is 5.32. The van der Waals surface area contributed by atoms with Crippen LogP contribution in [0.2, 0.25) is 0 Å². The number of halogens is 1. The van der Waals surface area contributed by atoms with E-state index in [0.29, 0.717) is 6.54 Å². The monoisotopic (exact) mass is 206 g/mol. The maximum Gasteiger partial charge on any atom is 0.159 e. The second kappa shape index (κ2) is 3.29. The van der Waals surface area contributed by atoms with Crippen LogP contribution in [0.1, 0.15) is 5.69 Å². The molecule has 0 unspecified atom stereocenters. The Labute approximate surface area is 66.2 Å². The van der Waals surface area contributed by atoms with Crippen molar-refractivity contribution in [2.24, 2.45) is 5.73 Å². The van der Waals surface area contributed by atoms with Crippen LogP contribution in [0.25, 0.3) is 0 Å². The summed E-state index contributed by atoms with van der Waals surface area (Å²) < 4.78 is 0.936. The van der Waals surface area contributed by atoms with Crippen LogP contribution >= 0.6 is 27.3 Å². The number of hydrogen-bond acceptors (Lipinski definition) is 3. The van der Waals surface area contributed by atoms with Crippen molar-refractivity contribution in [2.75, 3.05) is 6.54 Å². The van der Waals surface area contributed by atoms with E-state index in [-0.39, 0.29) is 0 Å². The normalized spacial score (nSPS) is 10.0. The summed E-state index contributed by atoms with van der Waals surface area (Å²) in [5.74, 6) is 0. The van der Waals surface area contributed by atoms with Crippen molar-refractivity contribution in [3.05, 3.63) is 15.0 Å². The lowest BCUT2D eigenvalue weighted by molar-refractivity contribution is 0.932. The first-order valence-corrected chi connectivity index (χ1v) is 4.30. The molecule has 0 aliphatic rings. The summed E-state index contributed by atoms with van der Waals surface area (Å²) >= 11 is 4.86. The first-order valence-electron chi connectivity index (χ1n) is 2.63. The van der Waals surface area contributed by atoms with Crippen LogP contribution in [0.5, 0.6) is 0 Å². The smallest absolute Gasteiger partial charge is 0.159 e. The summed E-state index contributed by atoms with van der Waals surface area (Å²) in [7, 11) is 0. The van der Waals surface area contributed by atoms with Gasteiger partial charge < -0.3 is 5.73 Å². The predicted molar refractivity (Wildman–Crippen MR) is 42.6 cm³/mol. The maximum atomic E-state index is 5.32. The molecule has 0 fully saturated rings. The van der Waals surface area contributed by atoms with Gasteiger partial charge in [-0.15, -0.1) is 11.3 Å². The zero-order chi connectivity index (χ0) is 6.69. The van der Waals surface area contributed by atoms with Crippen molar-refractivity contribution in [3.8, 4) is 0 Å². The van der Waals surface area contributed by atoms with E-state index in [4.69, 9.17) is 5.73 Å². The largest absolute Gasteiger partial charge is 0.330 e. The Balaban J connectivity index is 2.61. The Morgan fingerprint density at radius 3 is 3.00 bits per heavy atom. The molecular formula is C5H7BrN2S. The molecule has 2 N–H and O–H groups in total. The lowest BCUT2D eigenvalue weighted by atomic mass is 10.3. The molecule has 1 aromatic rings. The molecule has 0 radical (unpaired) electrons. The first kappa shape index (κ1) is 7.18. The van der Waals surface area contributed by atoms with Crippen molar-refractivity contribution in [1.29, 1.82) is 0 Å². The first-order chi connectivity index (χ1) is 4.33. The van der Waals surface area contributed by atoms with Crippen LogP contribution in [-0.4, -0.2) is 11.5 Å². The minimum Gasteiger partial charge on any atom is -0.330 e. The molecule has 1 rings (SSSR count). The molecule has 0 aliphatic carbocycles. The molecule has 9 heavy (non-hydrogen) atoms. The molecule has 0 atom stereocenters. The van der Waals surface area contributed by atoms with Crippen LogP contribution in [0.3, 0.4) is 0 Å². The van der Waals surface area contributed by atoms with E-state index in [1.807, 2.05) is 5.38 Å². The molecule has 0 amide bonds. The van der Waals surface area contributed by atoms with Crippen LogP contribution in [0, 0.1) is 0 Å². The third-order valence-electron chi connectivity index (χ3n) is 0.924. The SMILES string of the molecule is NCCc1csc(Br)n1. The zero-order valence-electron chi connectivity index (χ0n) is 4.80. The fourth-order valence-electron chi connectivity index (χ4n) is 0.545. The van der Waals surface area contributed by atoms with Crippen molar-refractivity contribution in [2.45, 2.75) is 6.42 Å². The van der Waals surface area contributed by atoms with E-state index in [1.165, 1.54) is 0 Å². The van der Waals surface area contributed by atoms with Gasteiger partial charge in [0.1, 0.15) is 0 Å². The summed E-state index contributed by atoms with van der Waals surface area (Å²) in [6.45, 7) is 0.677. The van der Waals surface area contributed by atoms with E-state index in [9.17, 15) is 0 Å². The quantitative estimate of drug-likeness (QED) is 0.796. The van der Waals surface area contributed by atoms with Crippen LogP contribution in [0.15, 0.2) is 9.30 Å². The molecule has 1 aromatic heterocycles. The van der Waals surface area contributed by atoms with Gasteiger partial charge in [0.25, 0.3) is 0 Å². The minimum atomic E-state index is 0.677. The Bertz CT molecular complexity index is 187. The van der Waals surface area contributed by atoms with E-state index in [1.54, 1.807) is 11.3 Å². The molecule has 50 valence electrons. The number of hydrogen-bond donors (Lipinski definition) is 1. The summed E-state index contributed by atoms with van der Waals surface area (Å²) in [5, 5.41) is 2.01. The number of nitrogens with zero attached hydrogens (tertiary/aromatic N) is 1. The molecule has 0 aliphatic heterocycles. The summed E-state index contributed by atoms with van der Waals surface area (Å²) in [6, 6.07) is 0. The lowest BCUT2D eigenvalue weighted by Crippen LogP contribution is -2.02. The third kappa shape index (κ3) is 2.04. The van der Waals surface area contributed by atoms with Crippen LogP contribution in [-0.2, 0) is 6.42 Å². The Morgan fingerprint density at radius 1 is 1.78 bits per heavy atom. The van der Waals surface area contributed by atoms with Crippen molar-refractivity contribution in [1.82, 2.24) is 4.98 Å². The highest BCUT2D eigenvalue weighted by molar-refractivity contribution is 9.11. The topological polar surface area (TPSA) is 38.9 Å². The van der Waals surface area contributed by atoms with Crippen molar-refractivity contribution >= 4 is 27.3 Å². The Morgan fingerprint density at radius 2 is 2.56 bits per heavy atom. The van der Waals surface area contributed by atoms with Gasteiger partial charge >= 0.3 is 0 Å². The summed E-state index contributed by atoms with van der Waals surface area (Å²) in [4.78, 5) is 4.16. The van der Waals surface area contributed by atoms with Gasteiger partial charge in [0.05, 0.1) is 5.69 Å². The van der Waals surface area contributed by atoms with Gasteiger partial charge in [0.15, 0.2) is 3.92 Å². The lowest BCUT2D eigenvalue weighted by Gasteiger charge is -1.85. The van der Waals surface area contributed by atoms with Gasteiger partial charge in [-0.1, -0.05) is 0 Å². The molecule has 0 saturated carbocycles. The van der Waals surface area contributed by atoms with Crippen molar-refractivity contribution < 1.29 is 0 Å². The van der Waals surface area contributed by atoms with Crippen molar-refractivity contribution in [3.63, 3.8) is 0 Å². The number of thiazole rings is 1. The average molecular weight is 207 g/mol. The van der Waals surface area contributed by atoms with E-state index in [0.717, 1.165) is 16.0 Å². The van der Waals surface area contributed by atoms with Gasteiger partial charge in [-0.3, -0.25) is 0 Å². The summed E-state index contributed by atoms with van der Waals surface area (Å²) in [6.07, 6.45) is 0.877. The second-order valence-corrected chi connectivity index (χ2v) is 3.76. The predicted octanol–water partition coefficient (Wildman–Crippen LogP) is 1.41. The van der Waals surface area contributed by atoms with Crippen LogP contribution in [0.4, 0.5) is 0 Å². The second-order valence-electron chi connectivity index (χ2n) is 1.63. The molecule has 0 saturated heterocycles. The van der Waals surface area contributed by atoms with Gasteiger partial charge in [0, 0.05) is 11.8 Å². The van der Waals surface area contributed by atoms with E-state index in [2.05, 4.69) is 20.9 Å². The Hall–Kier alpha value is 0.0700. The molecule has 0 aromatic carbocycles. The molecule has 4 heteroatoms. The highest BCUT2D eigenvalue weighted by atomic mass is 79.9. The zero-order valence-corrected chi connectivity index (χ0v) is 7.20. The van der Waals surface area contributed by atoms with E-state index < -0.39 is 0 Å². The fourth-order valence-corrected chi connectivity index (χ4v) is 1.63.